The molecule has 0 radical (unpaired) electrons. The fourth-order valence-corrected chi connectivity index (χ4v) is 1.94. The van der Waals surface area contributed by atoms with E-state index in [-0.39, 0.29) is 13.0 Å². The third kappa shape index (κ3) is 3.40. The first-order valence-electron chi connectivity index (χ1n) is 6.46. The Morgan fingerprint density at radius 2 is 2.18 bits per heavy atom. The second-order valence-electron chi connectivity index (χ2n) is 4.49. The first-order valence-corrected chi connectivity index (χ1v) is 6.46. The molecule has 22 heavy (non-hydrogen) atoms. The van der Waals surface area contributed by atoms with Crippen LogP contribution in [0.25, 0.3) is 0 Å². The predicted molar refractivity (Wildman–Crippen MR) is 78.7 cm³/mol. The quantitative estimate of drug-likeness (QED) is 0.437. The maximum atomic E-state index is 11.7. The summed E-state index contributed by atoms with van der Waals surface area (Å²) in [5.74, 6) is -0.781. The summed E-state index contributed by atoms with van der Waals surface area (Å²) in [5, 5.41) is 9.42. The first kappa shape index (κ1) is 15.5. The number of nitrogens with zero attached hydrogens (tertiary/aromatic N) is 3. The van der Waals surface area contributed by atoms with E-state index in [0.29, 0.717) is 17.0 Å². The van der Waals surface area contributed by atoms with E-state index in [0.717, 1.165) is 0 Å². The van der Waals surface area contributed by atoms with Gasteiger partial charge in [0, 0.05) is 6.42 Å². The smallest absolute Gasteiger partial charge is 0.338 e. The molecule has 0 spiro atoms. The van der Waals surface area contributed by atoms with Gasteiger partial charge in [-0.1, -0.05) is 35.1 Å². The second-order valence-corrected chi connectivity index (χ2v) is 4.49. The molecule has 0 bridgehead atoms. The van der Waals surface area contributed by atoms with Crippen molar-refractivity contribution in [2.45, 2.75) is 18.6 Å². The second kappa shape index (κ2) is 7.21. The van der Waals surface area contributed by atoms with Crippen LogP contribution in [-0.4, -0.2) is 30.4 Å². The van der Waals surface area contributed by atoms with E-state index in [1.807, 2.05) is 0 Å². The van der Waals surface area contributed by atoms with Crippen LogP contribution in [0.3, 0.4) is 0 Å². The molecule has 1 aromatic rings. The standard InChI is InChI=1S/C14H13N3O5/c1-2-7-21-14(18)13(16-20)12-8-11(17-22-12)9-3-5-10(15-19)6-4-9/h2-6,12-13H,1,7-8H2. The Hall–Kier alpha value is -2.90. The molecule has 0 aliphatic carbocycles. The van der Waals surface area contributed by atoms with Crippen LogP contribution in [0.15, 0.2) is 52.4 Å². The Balaban J connectivity index is 2.02. The SMILES string of the molecule is C=CCOC(=O)C(N=O)C1CC(c2ccc(N=O)cc2)=NO1. The largest absolute Gasteiger partial charge is 0.460 e. The average molecular weight is 303 g/mol. The van der Waals surface area contributed by atoms with Crippen LogP contribution in [0.5, 0.6) is 0 Å². The van der Waals surface area contributed by atoms with Gasteiger partial charge in [-0.15, -0.1) is 9.81 Å². The fourth-order valence-electron chi connectivity index (χ4n) is 1.94. The molecule has 1 aromatic carbocycles. The lowest BCUT2D eigenvalue weighted by atomic mass is 10.0. The lowest BCUT2D eigenvalue weighted by molar-refractivity contribution is -0.147. The molecule has 0 saturated carbocycles. The minimum Gasteiger partial charge on any atom is -0.460 e. The summed E-state index contributed by atoms with van der Waals surface area (Å²) in [4.78, 5) is 38.1. The highest BCUT2D eigenvalue weighted by Crippen LogP contribution is 2.23. The summed E-state index contributed by atoms with van der Waals surface area (Å²) in [6, 6.07) is 5.08. The van der Waals surface area contributed by atoms with Crippen molar-refractivity contribution in [3.63, 3.8) is 0 Å². The van der Waals surface area contributed by atoms with Gasteiger partial charge < -0.3 is 9.57 Å². The van der Waals surface area contributed by atoms with Crippen LogP contribution in [-0.2, 0) is 14.4 Å². The van der Waals surface area contributed by atoms with E-state index in [9.17, 15) is 14.6 Å². The Kier molecular flexibility index (Phi) is 5.07. The van der Waals surface area contributed by atoms with Crippen molar-refractivity contribution >= 4 is 17.4 Å². The van der Waals surface area contributed by atoms with Crippen LogP contribution < -0.4 is 0 Å². The molecule has 114 valence electrons. The van der Waals surface area contributed by atoms with Gasteiger partial charge in [0.05, 0.1) is 5.71 Å². The van der Waals surface area contributed by atoms with E-state index in [4.69, 9.17) is 9.57 Å². The minimum atomic E-state index is -1.29. The molecule has 0 aromatic heterocycles. The van der Waals surface area contributed by atoms with Gasteiger partial charge in [-0.3, -0.25) is 0 Å². The number of esters is 1. The van der Waals surface area contributed by atoms with Gasteiger partial charge in [0.25, 0.3) is 0 Å². The zero-order chi connectivity index (χ0) is 15.9. The van der Waals surface area contributed by atoms with Crippen molar-refractivity contribution in [2.75, 3.05) is 6.61 Å². The van der Waals surface area contributed by atoms with E-state index in [1.54, 1.807) is 12.1 Å². The highest BCUT2D eigenvalue weighted by atomic mass is 16.6. The van der Waals surface area contributed by atoms with Crippen LogP contribution in [0.1, 0.15) is 12.0 Å². The first-order chi connectivity index (χ1) is 10.7. The molecule has 0 amide bonds. The summed E-state index contributed by atoms with van der Waals surface area (Å²) in [6.07, 6.45) is 0.807. The Bertz CT molecular complexity index is 611. The predicted octanol–water partition coefficient (Wildman–Crippen LogP) is 2.44. The van der Waals surface area contributed by atoms with Gasteiger partial charge >= 0.3 is 5.97 Å². The van der Waals surface area contributed by atoms with Crippen LogP contribution in [0.2, 0.25) is 0 Å². The van der Waals surface area contributed by atoms with Crippen LogP contribution >= 0.6 is 0 Å². The number of hydrogen-bond acceptors (Lipinski definition) is 8. The molecule has 8 nitrogen and oxygen atoms in total. The number of rotatable bonds is 7. The van der Waals surface area contributed by atoms with Gasteiger partial charge in [-0.2, -0.15) is 0 Å². The molecule has 2 unspecified atom stereocenters. The number of carbonyl (C=O) groups excluding carboxylic acids is 1. The molecule has 1 aliphatic heterocycles. The number of oxime groups is 1. The molecule has 8 heteroatoms. The number of nitroso groups, excluding NO2 is 2. The normalized spacial score (nSPS) is 17.8. The zero-order valence-electron chi connectivity index (χ0n) is 11.5. The molecule has 0 fully saturated rings. The van der Waals surface area contributed by atoms with Gasteiger partial charge in [0.1, 0.15) is 12.3 Å². The summed E-state index contributed by atoms with van der Waals surface area (Å²) in [7, 11) is 0. The zero-order valence-corrected chi connectivity index (χ0v) is 11.5. The number of benzene rings is 1. The van der Waals surface area contributed by atoms with Gasteiger partial charge in [-0.25, -0.2) is 4.79 Å². The third-order valence-corrected chi connectivity index (χ3v) is 3.05. The maximum Gasteiger partial charge on any atom is 0.338 e. The Morgan fingerprint density at radius 3 is 2.77 bits per heavy atom. The van der Waals surface area contributed by atoms with Gasteiger partial charge in [0.15, 0.2) is 6.10 Å². The van der Waals surface area contributed by atoms with E-state index in [1.165, 1.54) is 18.2 Å². The summed E-state index contributed by atoms with van der Waals surface area (Å²) in [5.41, 5.74) is 1.55. The molecule has 0 saturated heterocycles. The Labute approximate surface area is 125 Å². The van der Waals surface area contributed by atoms with Crippen molar-refractivity contribution in [3.05, 3.63) is 52.3 Å². The van der Waals surface area contributed by atoms with Gasteiger partial charge in [-0.05, 0) is 22.9 Å². The van der Waals surface area contributed by atoms with Crippen molar-refractivity contribution in [1.82, 2.24) is 0 Å². The lowest BCUT2D eigenvalue weighted by Gasteiger charge is -2.13. The molecule has 1 heterocycles. The summed E-state index contributed by atoms with van der Waals surface area (Å²) >= 11 is 0. The monoisotopic (exact) mass is 303 g/mol. The van der Waals surface area contributed by atoms with Gasteiger partial charge in [0.2, 0.25) is 6.04 Å². The molecular weight excluding hydrogens is 290 g/mol. The minimum absolute atomic E-state index is 0.00849. The van der Waals surface area contributed by atoms with Crippen molar-refractivity contribution < 1.29 is 14.4 Å². The molecule has 0 N–H and O–H groups in total. The number of carbonyl (C=O) groups is 1. The molecular formula is C14H13N3O5. The average Bonchev–Trinajstić information content (AvgIpc) is 3.03. The topological polar surface area (TPSA) is 107 Å². The highest BCUT2D eigenvalue weighted by molar-refractivity contribution is 6.01. The fraction of sp³-hybridized carbons (Fsp3) is 0.286. The van der Waals surface area contributed by atoms with Crippen molar-refractivity contribution in [1.29, 1.82) is 0 Å². The third-order valence-electron chi connectivity index (χ3n) is 3.05. The number of hydrogen-bond donors (Lipinski definition) is 0. The Morgan fingerprint density at radius 1 is 1.45 bits per heavy atom. The lowest BCUT2D eigenvalue weighted by Crippen LogP contribution is -2.34. The highest BCUT2D eigenvalue weighted by Gasteiger charge is 2.37. The summed E-state index contributed by atoms with van der Waals surface area (Å²) < 4.78 is 4.80. The molecule has 2 rings (SSSR count). The van der Waals surface area contributed by atoms with Crippen LogP contribution in [0.4, 0.5) is 5.69 Å². The molecule has 1 aliphatic rings. The number of ether oxygens (including phenoxy) is 1. The molecule has 2 atom stereocenters. The van der Waals surface area contributed by atoms with Crippen molar-refractivity contribution in [2.24, 2.45) is 15.5 Å². The van der Waals surface area contributed by atoms with Crippen molar-refractivity contribution in [3.8, 4) is 0 Å². The maximum absolute atomic E-state index is 11.7. The van der Waals surface area contributed by atoms with E-state index < -0.39 is 18.1 Å². The van der Waals surface area contributed by atoms with E-state index in [2.05, 4.69) is 22.1 Å². The van der Waals surface area contributed by atoms with E-state index >= 15 is 0 Å². The summed E-state index contributed by atoms with van der Waals surface area (Å²) in [6.45, 7) is 3.40. The van der Waals surface area contributed by atoms with Crippen LogP contribution in [0, 0.1) is 9.81 Å².